The fraction of sp³-hybridized carbons (Fsp3) is 0.692. The normalized spacial score (nSPS) is 27.2. The maximum absolute atomic E-state index is 5.86. The molecular formula is C13H22N2O. The second-order valence-electron chi connectivity index (χ2n) is 4.74. The molecule has 1 aliphatic rings. The first-order chi connectivity index (χ1) is 7.70. The third-order valence-corrected chi connectivity index (χ3v) is 3.46. The smallest absolute Gasteiger partial charge is 0.0758 e. The van der Waals surface area contributed by atoms with E-state index in [2.05, 4.69) is 42.1 Å². The van der Waals surface area contributed by atoms with Gasteiger partial charge in [0.15, 0.2) is 0 Å². The minimum Gasteiger partial charge on any atom is -0.373 e. The highest BCUT2D eigenvalue weighted by molar-refractivity contribution is 5.11. The maximum Gasteiger partial charge on any atom is 0.0758 e. The van der Waals surface area contributed by atoms with Gasteiger partial charge >= 0.3 is 0 Å². The van der Waals surface area contributed by atoms with Crippen LogP contribution in [-0.4, -0.2) is 23.8 Å². The summed E-state index contributed by atoms with van der Waals surface area (Å²) in [5.74, 6) is 0. The molecule has 1 aliphatic heterocycles. The van der Waals surface area contributed by atoms with Crippen LogP contribution in [0.1, 0.15) is 38.4 Å². The van der Waals surface area contributed by atoms with Crippen LogP contribution >= 0.6 is 0 Å². The summed E-state index contributed by atoms with van der Waals surface area (Å²) in [6.45, 7) is 5.33. The van der Waals surface area contributed by atoms with Gasteiger partial charge in [-0.05, 0) is 45.9 Å². The molecule has 3 unspecified atom stereocenters. The summed E-state index contributed by atoms with van der Waals surface area (Å²) >= 11 is 0. The molecule has 0 radical (unpaired) electrons. The second kappa shape index (κ2) is 5.02. The predicted octanol–water partition coefficient (Wildman–Crippen LogP) is 2.34. The zero-order chi connectivity index (χ0) is 11.5. The topological polar surface area (TPSA) is 26.2 Å². The first-order valence-electron chi connectivity index (χ1n) is 6.18. The molecule has 0 saturated carbocycles. The number of nitrogens with zero attached hydrogens (tertiary/aromatic N) is 1. The number of hydrogen-bond donors (Lipinski definition) is 1. The van der Waals surface area contributed by atoms with E-state index < -0.39 is 0 Å². The lowest BCUT2D eigenvalue weighted by Crippen LogP contribution is -2.21. The van der Waals surface area contributed by atoms with Crippen molar-refractivity contribution in [3.8, 4) is 0 Å². The minimum absolute atomic E-state index is 0.394. The van der Waals surface area contributed by atoms with Crippen molar-refractivity contribution in [3.63, 3.8) is 0 Å². The summed E-state index contributed by atoms with van der Waals surface area (Å²) < 4.78 is 8.17. The Labute approximate surface area is 97.8 Å². The van der Waals surface area contributed by atoms with Gasteiger partial charge in [0.25, 0.3) is 0 Å². The standard InChI is InChI=1S/C13H22N2O/c1-10-6-7-12(16-10)9-15-8-4-5-13(15)11(2)14-3/h4-5,8,10-12,14H,6-7,9H2,1-3H3. The Morgan fingerprint density at radius 1 is 1.56 bits per heavy atom. The van der Waals surface area contributed by atoms with Gasteiger partial charge in [-0.1, -0.05) is 0 Å². The second-order valence-corrected chi connectivity index (χ2v) is 4.74. The van der Waals surface area contributed by atoms with Crippen molar-refractivity contribution < 1.29 is 4.74 Å². The summed E-state index contributed by atoms with van der Waals surface area (Å²) in [4.78, 5) is 0. The monoisotopic (exact) mass is 222 g/mol. The summed E-state index contributed by atoms with van der Waals surface area (Å²) in [6.07, 6.45) is 5.36. The zero-order valence-corrected chi connectivity index (χ0v) is 10.4. The Bertz CT molecular complexity index is 334. The number of nitrogens with one attached hydrogen (secondary N) is 1. The van der Waals surface area contributed by atoms with E-state index in [1.54, 1.807) is 0 Å². The van der Waals surface area contributed by atoms with Crippen molar-refractivity contribution in [2.24, 2.45) is 0 Å². The van der Waals surface area contributed by atoms with Crippen LogP contribution < -0.4 is 5.32 Å². The van der Waals surface area contributed by atoms with E-state index in [1.165, 1.54) is 18.5 Å². The van der Waals surface area contributed by atoms with Crippen LogP contribution in [0.15, 0.2) is 18.3 Å². The highest BCUT2D eigenvalue weighted by atomic mass is 16.5. The molecule has 1 fully saturated rings. The lowest BCUT2D eigenvalue weighted by Gasteiger charge is -2.18. The maximum atomic E-state index is 5.86. The molecule has 2 rings (SSSR count). The van der Waals surface area contributed by atoms with Crippen molar-refractivity contribution in [2.75, 3.05) is 7.05 Å². The first kappa shape index (κ1) is 11.7. The van der Waals surface area contributed by atoms with Gasteiger partial charge in [-0.3, -0.25) is 0 Å². The van der Waals surface area contributed by atoms with Crippen molar-refractivity contribution >= 4 is 0 Å². The van der Waals surface area contributed by atoms with Gasteiger partial charge in [0, 0.05) is 24.5 Å². The Hall–Kier alpha value is -0.800. The van der Waals surface area contributed by atoms with Crippen LogP contribution in [0.25, 0.3) is 0 Å². The molecule has 16 heavy (non-hydrogen) atoms. The van der Waals surface area contributed by atoms with Crippen LogP contribution in [0, 0.1) is 0 Å². The highest BCUT2D eigenvalue weighted by Crippen LogP contribution is 2.22. The third kappa shape index (κ3) is 2.47. The third-order valence-electron chi connectivity index (χ3n) is 3.46. The van der Waals surface area contributed by atoms with Gasteiger partial charge in [0.05, 0.1) is 12.2 Å². The lowest BCUT2D eigenvalue weighted by atomic mass is 10.2. The summed E-state index contributed by atoms with van der Waals surface area (Å²) in [7, 11) is 2.00. The zero-order valence-electron chi connectivity index (χ0n) is 10.4. The molecule has 2 heterocycles. The molecule has 3 nitrogen and oxygen atoms in total. The summed E-state index contributed by atoms with van der Waals surface area (Å²) in [5.41, 5.74) is 1.34. The fourth-order valence-corrected chi connectivity index (χ4v) is 2.37. The average Bonchev–Trinajstić information content (AvgIpc) is 2.87. The number of rotatable bonds is 4. The fourth-order valence-electron chi connectivity index (χ4n) is 2.37. The van der Waals surface area contributed by atoms with Gasteiger partial charge in [0.1, 0.15) is 0 Å². The molecule has 0 aromatic carbocycles. The van der Waals surface area contributed by atoms with Gasteiger partial charge in [-0.15, -0.1) is 0 Å². The van der Waals surface area contributed by atoms with E-state index in [9.17, 15) is 0 Å². The van der Waals surface area contributed by atoms with Crippen LogP contribution in [0.4, 0.5) is 0 Å². The molecule has 0 aliphatic carbocycles. The van der Waals surface area contributed by atoms with Crippen LogP contribution in [0.5, 0.6) is 0 Å². The van der Waals surface area contributed by atoms with Crippen molar-refractivity contribution in [2.45, 2.75) is 51.5 Å². The van der Waals surface area contributed by atoms with Crippen LogP contribution in [0.3, 0.4) is 0 Å². The number of ether oxygens (including phenoxy) is 1. The molecule has 1 aromatic heterocycles. The molecule has 1 saturated heterocycles. The van der Waals surface area contributed by atoms with E-state index in [0.717, 1.165) is 6.54 Å². The van der Waals surface area contributed by atoms with E-state index >= 15 is 0 Å². The number of aromatic nitrogens is 1. The van der Waals surface area contributed by atoms with E-state index in [-0.39, 0.29) is 0 Å². The van der Waals surface area contributed by atoms with Gasteiger partial charge in [0.2, 0.25) is 0 Å². The first-order valence-corrected chi connectivity index (χ1v) is 6.18. The summed E-state index contributed by atoms with van der Waals surface area (Å²) in [5, 5.41) is 3.28. The molecule has 3 atom stereocenters. The Morgan fingerprint density at radius 3 is 3.00 bits per heavy atom. The minimum atomic E-state index is 0.394. The van der Waals surface area contributed by atoms with E-state index in [1.807, 2.05) is 7.05 Å². The molecule has 0 amide bonds. The predicted molar refractivity (Wildman–Crippen MR) is 65.5 cm³/mol. The van der Waals surface area contributed by atoms with Gasteiger partial charge < -0.3 is 14.6 Å². The van der Waals surface area contributed by atoms with E-state index in [4.69, 9.17) is 4.74 Å². The van der Waals surface area contributed by atoms with Crippen LogP contribution in [0.2, 0.25) is 0 Å². The summed E-state index contributed by atoms with van der Waals surface area (Å²) in [6, 6.07) is 4.69. The Balaban J connectivity index is 2.01. The SMILES string of the molecule is CNC(C)c1cccn1CC1CCC(C)O1. The van der Waals surface area contributed by atoms with Crippen LogP contribution in [-0.2, 0) is 11.3 Å². The molecule has 1 N–H and O–H groups in total. The molecular weight excluding hydrogens is 200 g/mol. The quantitative estimate of drug-likeness (QED) is 0.846. The van der Waals surface area contributed by atoms with Gasteiger partial charge in [-0.25, -0.2) is 0 Å². The molecule has 0 spiro atoms. The Morgan fingerprint density at radius 2 is 2.38 bits per heavy atom. The van der Waals surface area contributed by atoms with Gasteiger partial charge in [-0.2, -0.15) is 0 Å². The van der Waals surface area contributed by atoms with E-state index in [0.29, 0.717) is 18.2 Å². The molecule has 90 valence electrons. The average molecular weight is 222 g/mol. The Kier molecular flexibility index (Phi) is 3.66. The molecule has 3 heteroatoms. The van der Waals surface area contributed by atoms with Crippen molar-refractivity contribution in [1.29, 1.82) is 0 Å². The highest BCUT2D eigenvalue weighted by Gasteiger charge is 2.22. The molecule has 1 aromatic rings. The number of hydrogen-bond acceptors (Lipinski definition) is 2. The van der Waals surface area contributed by atoms with Crippen molar-refractivity contribution in [3.05, 3.63) is 24.0 Å². The molecule has 0 bridgehead atoms. The largest absolute Gasteiger partial charge is 0.373 e. The lowest BCUT2D eigenvalue weighted by molar-refractivity contribution is 0.0452. The van der Waals surface area contributed by atoms with Crippen molar-refractivity contribution in [1.82, 2.24) is 9.88 Å².